The number of hydrogen-bond donors (Lipinski definition) is 0. The third kappa shape index (κ3) is 5.77. The van der Waals surface area contributed by atoms with Crippen LogP contribution in [0.15, 0.2) is 155 Å². The molecule has 9 rings (SSSR count). The number of para-hydroxylation sites is 2. The van der Waals surface area contributed by atoms with Crippen molar-refractivity contribution in [1.82, 2.24) is 15.0 Å². The number of benzene rings is 6. The molecule has 0 unspecified atom stereocenters. The third-order valence-corrected chi connectivity index (χ3v) is 9.52. The van der Waals surface area contributed by atoms with Gasteiger partial charge in [0, 0.05) is 38.4 Å². The second-order valence-electron chi connectivity index (χ2n) is 12.8. The normalized spacial score (nSPS) is 11.7. The van der Waals surface area contributed by atoms with E-state index in [4.69, 9.17) is 23.8 Å². The Morgan fingerprint density at radius 2 is 1.23 bits per heavy atom. The van der Waals surface area contributed by atoms with Crippen LogP contribution < -0.4 is 0 Å². The van der Waals surface area contributed by atoms with E-state index in [9.17, 15) is 5.26 Å². The summed E-state index contributed by atoms with van der Waals surface area (Å²) in [7, 11) is 0. The molecule has 0 radical (unpaired) electrons. The van der Waals surface area contributed by atoms with Crippen LogP contribution in [0, 0.1) is 11.3 Å². The molecule has 9 aromatic rings. The highest BCUT2D eigenvalue weighted by atomic mass is 16.3. The molecule has 0 bridgehead atoms. The van der Waals surface area contributed by atoms with Crippen molar-refractivity contribution < 1.29 is 8.83 Å². The molecule has 0 aliphatic rings. The highest BCUT2D eigenvalue weighted by Gasteiger charge is 2.18. The Labute approximate surface area is 305 Å². The minimum absolute atomic E-state index is 0.428. The topological polar surface area (TPSA) is 88.7 Å². The SMILES string of the molecule is C=Cc1oc2ccccc2c1/C=C(\C)c1cc(-c2ccc3oc4ccccc4c3c2)cc(-c2nc(-c3ccccc3)nc(-c3ccccc3C#N)n2)c1. The lowest BCUT2D eigenvalue weighted by atomic mass is 9.94. The smallest absolute Gasteiger partial charge is 0.165 e. The Bertz CT molecular complexity index is 2940. The summed E-state index contributed by atoms with van der Waals surface area (Å²) in [6.45, 7) is 6.12. The van der Waals surface area contributed by atoms with Crippen LogP contribution in [-0.4, -0.2) is 15.0 Å². The van der Waals surface area contributed by atoms with Gasteiger partial charge in [0.15, 0.2) is 17.5 Å². The zero-order chi connectivity index (χ0) is 35.9. The van der Waals surface area contributed by atoms with Gasteiger partial charge in [-0.2, -0.15) is 5.26 Å². The molecule has 0 N–H and O–H groups in total. The van der Waals surface area contributed by atoms with Gasteiger partial charge in [0.25, 0.3) is 0 Å². The van der Waals surface area contributed by atoms with Crippen molar-refractivity contribution in [1.29, 1.82) is 5.26 Å². The first-order valence-corrected chi connectivity index (χ1v) is 17.3. The fraction of sp³-hybridized carbons (Fsp3) is 0.0213. The number of nitrogens with zero attached hydrogens (tertiary/aromatic N) is 4. The Morgan fingerprint density at radius 1 is 0.585 bits per heavy atom. The molecular formula is C47H30N4O2. The van der Waals surface area contributed by atoms with Gasteiger partial charge in [-0.05, 0) is 95.9 Å². The molecule has 0 aliphatic heterocycles. The molecule has 0 atom stereocenters. The maximum atomic E-state index is 10.00. The predicted octanol–water partition coefficient (Wildman–Crippen LogP) is 12.3. The van der Waals surface area contributed by atoms with Crippen molar-refractivity contribution in [2.24, 2.45) is 0 Å². The van der Waals surface area contributed by atoms with Gasteiger partial charge in [-0.1, -0.05) is 91.5 Å². The van der Waals surface area contributed by atoms with Gasteiger partial charge in [-0.25, -0.2) is 15.0 Å². The number of rotatable bonds is 7. The summed E-state index contributed by atoms with van der Waals surface area (Å²) in [5.41, 5.74) is 10.2. The Hall–Kier alpha value is -7.36. The molecule has 0 saturated carbocycles. The highest BCUT2D eigenvalue weighted by Crippen LogP contribution is 2.37. The summed E-state index contributed by atoms with van der Waals surface area (Å²) in [6, 6.07) is 48.3. The first-order chi connectivity index (χ1) is 26.1. The molecule has 0 amide bonds. The molecule has 0 saturated heterocycles. The van der Waals surface area contributed by atoms with E-state index in [1.54, 1.807) is 12.1 Å². The second-order valence-corrected chi connectivity index (χ2v) is 12.8. The van der Waals surface area contributed by atoms with Crippen molar-refractivity contribution in [3.8, 4) is 51.4 Å². The molecule has 250 valence electrons. The van der Waals surface area contributed by atoms with E-state index >= 15 is 0 Å². The van der Waals surface area contributed by atoms with Gasteiger partial charge in [0.05, 0.1) is 11.6 Å². The summed E-state index contributed by atoms with van der Waals surface area (Å²) < 4.78 is 12.3. The number of allylic oxidation sites excluding steroid dienone is 1. The average molecular weight is 683 g/mol. The summed E-state index contributed by atoms with van der Waals surface area (Å²) in [6.07, 6.45) is 3.90. The van der Waals surface area contributed by atoms with Gasteiger partial charge in [-0.3, -0.25) is 0 Å². The van der Waals surface area contributed by atoms with E-state index in [-0.39, 0.29) is 0 Å². The van der Waals surface area contributed by atoms with Gasteiger partial charge >= 0.3 is 0 Å². The lowest BCUT2D eigenvalue weighted by Gasteiger charge is -2.13. The first-order valence-electron chi connectivity index (χ1n) is 17.3. The van der Waals surface area contributed by atoms with Gasteiger partial charge < -0.3 is 8.83 Å². The Morgan fingerprint density at radius 3 is 2.02 bits per heavy atom. The Balaban J connectivity index is 1.28. The molecule has 53 heavy (non-hydrogen) atoms. The summed E-state index contributed by atoms with van der Waals surface area (Å²) >= 11 is 0. The number of hydrogen-bond acceptors (Lipinski definition) is 6. The highest BCUT2D eigenvalue weighted by molar-refractivity contribution is 6.06. The number of furan rings is 2. The van der Waals surface area contributed by atoms with Crippen LogP contribution in [0.1, 0.15) is 29.4 Å². The lowest BCUT2D eigenvalue weighted by Crippen LogP contribution is -2.01. The number of nitriles is 1. The zero-order valence-electron chi connectivity index (χ0n) is 28.7. The summed E-state index contributed by atoms with van der Waals surface area (Å²) in [5.74, 6) is 2.15. The quantitative estimate of drug-likeness (QED) is 0.166. The van der Waals surface area contributed by atoms with Crippen LogP contribution in [-0.2, 0) is 0 Å². The fourth-order valence-electron chi connectivity index (χ4n) is 6.86. The van der Waals surface area contributed by atoms with Gasteiger partial charge in [0.1, 0.15) is 22.5 Å². The maximum Gasteiger partial charge on any atom is 0.165 e. The minimum Gasteiger partial charge on any atom is -0.456 e. The van der Waals surface area contributed by atoms with E-state index in [1.165, 1.54) is 0 Å². The molecule has 6 aromatic carbocycles. The molecule has 6 heteroatoms. The molecule has 6 nitrogen and oxygen atoms in total. The standard InChI is InChI=1S/C47H30N4O2/c1-3-41-39(37-17-9-11-19-42(37)52-41)23-29(2)33-24-34(31-21-22-44-40(27-31)38-18-10-12-20-43(38)53-44)26-35(25-33)46-49-45(30-13-5-4-6-14-30)50-47(51-46)36-16-8-7-15-32(36)28-48/h3-27H,1H2,2H3/b29-23+. The monoisotopic (exact) mass is 682 g/mol. The first kappa shape index (κ1) is 31.6. The average Bonchev–Trinajstić information content (AvgIpc) is 3.78. The lowest BCUT2D eigenvalue weighted by molar-refractivity contribution is 0.603. The molecule has 0 aliphatic carbocycles. The van der Waals surface area contributed by atoms with Crippen LogP contribution in [0.25, 0.3) is 95.9 Å². The second kappa shape index (κ2) is 13.1. The Kier molecular flexibility index (Phi) is 7.80. The summed E-state index contributed by atoms with van der Waals surface area (Å²) in [4.78, 5) is 15.0. The van der Waals surface area contributed by atoms with E-state index in [1.807, 2.05) is 91.0 Å². The molecule has 3 heterocycles. The molecule has 0 spiro atoms. The summed E-state index contributed by atoms with van der Waals surface area (Å²) in [5, 5.41) is 13.1. The predicted molar refractivity (Wildman–Crippen MR) is 213 cm³/mol. The van der Waals surface area contributed by atoms with Gasteiger partial charge in [0.2, 0.25) is 0 Å². The molecule has 3 aromatic heterocycles. The van der Waals surface area contributed by atoms with Crippen LogP contribution in [0.5, 0.6) is 0 Å². The maximum absolute atomic E-state index is 10.00. The van der Waals surface area contributed by atoms with Crippen molar-refractivity contribution in [2.45, 2.75) is 6.92 Å². The van der Waals surface area contributed by atoms with Crippen molar-refractivity contribution in [3.63, 3.8) is 0 Å². The largest absolute Gasteiger partial charge is 0.456 e. The van der Waals surface area contributed by atoms with Crippen LogP contribution in [0.4, 0.5) is 0 Å². The van der Waals surface area contributed by atoms with E-state index in [0.29, 0.717) is 34.4 Å². The van der Waals surface area contributed by atoms with Crippen LogP contribution >= 0.6 is 0 Å². The molecule has 0 fully saturated rings. The van der Waals surface area contributed by atoms with Crippen LogP contribution in [0.3, 0.4) is 0 Å². The van der Waals surface area contributed by atoms with Crippen LogP contribution in [0.2, 0.25) is 0 Å². The zero-order valence-corrected chi connectivity index (χ0v) is 28.7. The van der Waals surface area contributed by atoms with E-state index < -0.39 is 0 Å². The molecular weight excluding hydrogens is 653 g/mol. The van der Waals surface area contributed by atoms with E-state index in [0.717, 1.165) is 71.9 Å². The van der Waals surface area contributed by atoms with Crippen molar-refractivity contribution in [2.75, 3.05) is 0 Å². The van der Waals surface area contributed by atoms with Crippen molar-refractivity contribution in [3.05, 3.63) is 169 Å². The van der Waals surface area contributed by atoms with E-state index in [2.05, 4.69) is 68.1 Å². The van der Waals surface area contributed by atoms with Gasteiger partial charge in [-0.15, -0.1) is 0 Å². The third-order valence-electron chi connectivity index (χ3n) is 9.52. The fourth-order valence-corrected chi connectivity index (χ4v) is 6.86. The number of fused-ring (bicyclic) bond motifs is 4. The van der Waals surface area contributed by atoms with Crippen molar-refractivity contribution >= 4 is 50.6 Å². The number of aromatic nitrogens is 3. The minimum atomic E-state index is 0.428.